The summed E-state index contributed by atoms with van der Waals surface area (Å²) in [6, 6.07) is 4.21. The number of carbonyl (C=O) groups is 1. The summed E-state index contributed by atoms with van der Waals surface area (Å²) in [5, 5.41) is 5.24. The topological polar surface area (TPSA) is 72.0 Å². The van der Waals surface area contributed by atoms with Gasteiger partial charge < -0.3 is 14.8 Å². The standard InChI is InChI=1S/C21H27F4N3O3S.CH3F/c1-19(2,3)31-18(29)27-17-28-20(12-30-7-6-14(20)10-32-17)15-8-13(4-5-16(15)22)9-26-11-21(23,24)25;1-2/h4-5,8,14,26H,6-7,9-12H2,1-3H3,(H,27,28,29);1H3. The van der Waals surface area contributed by atoms with Crippen LogP contribution in [0.5, 0.6) is 0 Å². The molecule has 2 unspecified atom stereocenters. The number of rotatable bonds is 4. The van der Waals surface area contributed by atoms with Gasteiger partial charge in [0, 0.05) is 30.4 Å². The van der Waals surface area contributed by atoms with E-state index in [1.165, 1.54) is 30.0 Å². The van der Waals surface area contributed by atoms with Crippen LogP contribution in [0.3, 0.4) is 0 Å². The molecular weight excluding hydrogens is 481 g/mol. The van der Waals surface area contributed by atoms with E-state index >= 15 is 0 Å². The predicted octanol–water partition coefficient (Wildman–Crippen LogP) is 4.92. The summed E-state index contributed by atoms with van der Waals surface area (Å²) in [6.07, 6.45) is -4.36. The average molecular weight is 512 g/mol. The van der Waals surface area contributed by atoms with Crippen molar-refractivity contribution < 1.29 is 36.2 Å². The number of amides is 1. The van der Waals surface area contributed by atoms with E-state index < -0.39 is 35.8 Å². The van der Waals surface area contributed by atoms with Gasteiger partial charge in [0.25, 0.3) is 0 Å². The molecule has 3 rings (SSSR count). The van der Waals surface area contributed by atoms with Crippen molar-refractivity contribution in [2.75, 3.05) is 32.7 Å². The van der Waals surface area contributed by atoms with Gasteiger partial charge in [-0.25, -0.2) is 14.2 Å². The van der Waals surface area contributed by atoms with Crippen LogP contribution in [-0.2, 0) is 21.6 Å². The van der Waals surface area contributed by atoms with Crippen LogP contribution in [0.2, 0.25) is 0 Å². The van der Waals surface area contributed by atoms with E-state index in [0.717, 1.165) is 0 Å². The maximum Gasteiger partial charge on any atom is 0.413 e. The van der Waals surface area contributed by atoms with Gasteiger partial charge in [-0.1, -0.05) is 17.8 Å². The molecule has 0 aliphatic carbocycles. The maximum absolute atomic E-state index is 15.0. The normalized spacial score (nSPS) is 22.6. The van der Waals surface area contributed by atoms with E-state index in [2.05, 4.69) is 10.6 Å². The fraction of sp³-hybridized carbons (Fsp3) is 0.636. The number of aliphatic imine (C=N–C) groups is 1. The van der Waals surface area contributed by atoms with Gasteiger partial charge in [-0.2, -0.15) is 13.2 Å². The lowest BCUT2D eigenvalue weighted by atomic mass is 9.76. The molecule has 2 aliphatic heterocycles. The van der Waals surface area contributed by atoms with Crippen molar-refractivity contribution in [1.29, 1.82) is 0 Å². The minimum atomic E-state index is -4.34. The molecule has 34 heavy (non-hydrogen) atoms. The van der Waals surface area contributed by atoms with Crippen LogP contribution in [0.1, 0.15) is 38.3 Å². The molecule has 0 bridgehead atoms. The lowest BCUT2D eigenvalue weighted by Crippen LogP contribution is -2.49. The molecule has 1 fully saturated rings. The first-order valence-electron chi connectivity index (χ1n) is 10.6. The summed E-state index contributed by atoms with van der Waals surface area (Å²) in [6.45, 7) is 4.61. The van der Waals surface area contributed by atoms with Crippen LogP contribution in [0.4, 0.5) is 26.7 Å². The Bertz CT molecular complexity index is 876. The van der Waals surface area contributed by atoms with Gasteiger partial charge in [0.2, 0.25) is 0 Å². The number of ether oxygens (including phenoxy) is 2. The summed E-state index contributed by atoms with van der Waals surface area (Å²) in [4.78, 5) is 16.9. The molecule has 1 aromatic carbocycles. The number of carbonyl (C=O) groups excluding carboxylic acids is 1. The Kier molecular flexibility index (Phi) is 9.72. The van der Waals surface area contributed by atoms with Gasteiger partial charge in [-0.15, -0.1) is 0 Å². The SMILES string of the molecule is CC(C)(C)OC(=O)NC1=NC2(c3cc(CNCC(F)(F)F)ccc3F)COCCC2CS1.CF. The third-order valence-corrected chi connectivity index (χ3v) is 6.13. The molecule has 2 heterocycles. The second kappa shape index (κ2) is 11.7. The van der Waals surface area contributed by atoms with Gasteiger partial charge >= 0.3 is 12.3 Å². The number of alkyl carbamates (subject to hydrolysis) is 1. The van der Waals surface area contributed by atoms with Gasteiger partial charge in [-0.05, 0) is 44.9 Å². The summed E-state index contributed by atoms with van der Waals surface area (Å²) in [5.41, 5.74) is -1.03. The second-order valence-corrected chi connectivity index (χ2v) is 9.86. The first-order valence-corrected chi connectivity index (χ1v) is 11.6. The van der Waals surface area contributed by atoms with Gasteiger partial charge in [0.05, 0.1) is 20.3 Å². The van der Waals surface area contributed by atoms with Crippen LogP contribution in [-0.4, -0.2) is 55.7 Å². The number of nitrogens with one attached hydrogen (secondary N) is 2. The maximum atomic E-state index is 15.0. The summed E-state index contributed by atoms with van der Waals surface area (Å²) < 4.78 is 72.8. The lowest BCUT2D eigenvalue weighted by Gasteiger charge is -2.44. The van der Waals surface area contributed by atoms with Gasteiger partial charge in [0.1, 0.15) is 17.0 Å². The van der Waals surface area contributed by atoms with Crippen LogP contribution < -0.4 is 10.6 Å². The highest BCUT2D eigenvalue weighted by atomic mass is 32.2. The lowest BCUT2D eigenvalue weighted by molar-refractivity contribution is -0.125. The number of benzene rings is 1. The Morgan fingerprint density at radius 3 is 2.65 bits per heavy atom. The van der Waals surface area contributed by atoms with Crippen molar-refractivity contribution >= 4 is 23.0 Å². The van der Waals surface area contributed by atoms with Gasteiger partial charge in [0.15, 0.2) is 5.17 Å². The number of fused-ring (bicyclic) bond motifs is 1. The van der Waals surface area contributed by atoms with Crippen molar-refractivity contribution in [3.05, 3.63) is 35.1 Å². The molecule has 1 amide bonds. The monoisotopic (exact) mass is 511 g/mol. The average Bonchev–Trinajstić information content (AvgIpc) is 2.74. The Hall–Kier alpha value is -1.92. The summed E-state index contributed by atoms with van der Waals surface area (Å²) >= 11 is 1.35. The number of hydrogen-bond acceptors (Lipinski definition) is 6. The highest BCUT2D eigenvalue weighted by Crippen LogP contribution is 2.45. The molecule has 1 saturated heterocycles. The van der Waals surface area contributed by atoms with E-state index in [0.29, 0.717) is 36.7 Å². The van der Waals surface area contributed by atoms with E-state index in [1.54, 1.807) is 20.8 Å². The second-order valence-electron chi connectivity index (χ2n) is 8.85. The largest absolute Gasteiger partial charge is 0.444 e. The number of thioether (sulfide) groups is 1. The minimum Gasteiger partial charge on any atom is -0.444 e. The molecule has 1 aromatic rings. The van der Waals surface area contributed by atoms with Crippen molar-refractivity contribution in [2.45, 2.75) is 51.1 Å². The molecule has 192 valence electrons. The Morgan fingerprint density at radius 2 is 2.00 bits per heavy atom. The third-order valence-electron chi connectivity index (χ3n) is 5.09. The van der Waals surface area contributed by atoms with Gasteiger partial charge in [-0.3, -0.25) is 9.71 Å². The first kappa shape index (κ1) is 28.3. The highest BCUT2D eigenvalue weighted by Gasteiger charge is 2.47. The summed E-state index contributed by atoms with van der Waals surface area (Å²) in [7, 11) is 0.500. The Balaban J connectivity index is 0.00000199. The molecule has 6 nitrogen and oxygen atoms in total. The van der Waals surface area contributed by atoms with Crippen molar-refractivity contribution in [1.82, 2.24) is 10.6 Å². The van der Waals surface area contributed by atoms with E-state index in [-0.39, 0.29) is 24.6 Å². The third kappa shape index (κ3) is 7.81. The molecule has 0 aromatic heterocycles. The quantitative estimate of drug-likeness (QED) is 0.562. The molecule has 2 aliphatic rings. The fourth-order valence-corrected chi connectivity index (χ4v) is 4.91. The zero-order valence-corrected chi connectivity index (χ0v) is 20.3. The van der Waals surface area contributed by atoms with Crippen molar-refractivity contribution in [3.63, 3.8) is 0 Å². The molecule has 2 N–H and O–H groups in total. The molecule has 0 saturated carbocycles. The van der Waals surface area contributed by atoms with E-state index in [9.17, 15) is 26.7 Å². The van der Waals surface area contributed by atoms with Crippen molar-refractivity contribution in [3.8, 4) is 0 Å². The van der Waals surface area contributed by atoms with Crippen LogP contribution in [0.25, 0.3) is 0 Å². The molecule has 12 heteroatoms. The predicted molar refractivity (Wildman–Crippen MR) is 121 cm³/mol. The Morgan fingerprint density at radius 1 is 1.29 bits per heavy atom. The molecule has 2 atom stereocenters. The molecule has 0 spiro atoms. The minimum absolute atomic E-state index is 0.0571. The smallest absolute Gasteiger partial charge is 0.413 e. The first-order chi connectivity index (χ1) is 15.9. The molecule has 0 radical (unpaired) electrons. The number of hydrogen-bond donors (Lipinski definition) is 2. The summed E-state index contributed by atoms with van der Waals surface area (Å²) in [5.74, 6) is -0.000729. The van der Waals surface area contributed by atoms with E-state index in [1.807, 2.05) is 0 Å². The zero-order chi connectivity index (χ0) is 25.6. The zero-order valence-electron chi connectivity index (χ0n) is 19.5. The Labute approximate surface area is 200 Å². The van der Waals surface area contributed by atoms with Crippen LogP contribution >= 0.6 is 11.8 Å². The van der Waals surface area contributed by atoms with Crippen LogP contribution in [0, 0.1) is 11.7 Å². The number of nitrogens with zero attached hydrogens (tertiary/aromatic N) is 1. The number of alkyl halides is 4. The fourth-order valence-electron chi connectivity index (χ4n) is 3.72. The molecular formula is C22H30F5N3O3S. The highest BCUT2D eigenvalue weighted by molar-refractivity contribution is 8.13. The van der Waals surface area contributed by atoms with Crippen molar-refractivity contribution in [2.24, 2.45) is 10.9 Å². The van der Waals surface area contributed by atoms with Crippen LogP contribution in [0.15, 0.2) is 23.2 Å². The number of amidine groups is 1. The number of halogens is 5. The van der Waals surface area contributed by atoms with E-state index in [4.69, 9.17) is 14.5 Å².